The van der Waals surface area contributed by atoms with Crippen LogP contribution in [0.25, 0.3) is 0 Å². The highest BCUT2D eigenvalue weighted by molar-refractivity contribution is 6.34. The third-order valence-electron chi connectivity index (χ3n) is 1.92. The minimum Gasteiger partial charge on any atom is -0.465 e. The number of carbonyl (C=O) groups excluding carboxylic acids is 2. The first kappa shape index (κ1) is 11.7. The van der Waals surface area contributed by atoms with Crippen LogP contribution in [0.2, 0.25) is 5.02 Å². The van der Waals surface area contributed by atoms with Gasteiger partial charge < -0.3 is 4.74 Å². The number of ether oxygens (including phenoxy) is 1. The Balaban J connectivity index is 3.11. The molecule has 0 aliphatic carbocycles. The average molecular weight is 227 g/mol. The number of methoxy groups -OCH3 is 1. The van der Waals surface area contributed by atoms with Gasteiger partial charge in [0.05, 0.1) is 17.7 Å². The molecule has 0 aromatic heterocycles. The zero-order valence-corrected chi connectivity index (χ0v) is 9.30. The van der Waals surface area contributed by atoms with Crippen molar-refractivity contribution in [3.05, 3.63) is 34.3 Å². The summed E-state index contributed by atoms with van der Waals surface area (Å²) in [5.41, 5.74) is 0.935. The van der Waals surface area contributed by atoms with Gasteiger partial charge in [0, 0.05) is 6.42 Å². The number of benzene rings is 1. The molecular formula is C11H11ClO3. The van der Waals surface area contributed by atoms with Crippen molar-refractivity contribution >= 4 is 23.4 Å². The first-order valence-electron chi connectivity index (χ1n) is 4.41. The number of Topliss-reactive ketones (excluding diaryl/α,β-unsaturated/α-hetero) is 1. The van der Waals surface area contributed by atoms with Crippen LogP contribution in [0.4, 0.5) is 0 Å². The Morgan fingerprint density at radius 2 is 2.07 bits per heavy atom. The zero-order chi connectivity index (χ0) is 11.4. The summed E-state index contributed by atoms with van der Waals surface area (Å²) in [4.78, 5) is 22.2. The van der Waals surface area contributed by atoms with E-state index in [1.54, 1.807) is 18.2 Å². The van der Waals surface area contributed by atoms with Gasteiger partial charge in [-0.25, -0.2) is 4.79 Å². The van der Waals surface area contributed by atoms with Gasteiger partial charge in [-0.1, -0.05) is 23.7 Å². The lowest BCUT2D eigenvalue weighted by molar-refractivity contribution is -0.116. The minimum absolute atomic E-state index is 0.00100. The fraction of sp³-hybridized carbons (Fsp3) is 0.273. The van der Waals surface area contributed by atoms with Crippen molar-refractivity contribution < 1.29 is 14.3 Å². The normalized spacial score (nSPS) is 9.80. The molecule has 0 fully saturated rings. The van der Waals surface area contributed by atoms with Crippen molar-refractivity contribution in [2.24, 2.45) is 0 Å². The Morgan fingerprint density at radius 3 is 2.60 bits per heavy atom. The predicted molar refractivity (Wildman–Crippen MR) is 57.2 cm³/mol. The number of carbonyl (C=O) groups is 2. The van der Waals surface area contributed by atoms with Gasteiger partial charge in [0.2, 0.25) is 0 Å². The van der Waals surface area contributed by atoms with Crippen LogP contribution in [0, 0.1) is 0 Å². The third kappa shape index (κ3) is 2.80. The number of esters is 1. The van der Waals surface area contributed by atoms with Gasteiger partial charge in [0.15, 0.2) is 0 Å². The Hall–Kier alpha value is -1.35. The van der Waals surface area contributed by atoms with Crippen LogP contribution in [0.15, 0.2) is 18.2 Å². The SMILES string of the molecule is COC(=O)c1cccc(CC(C)=O)c1Cl. The highest BCUT2D eigenvalue weighted by atomic mass is 35.5. The highest BCUT2D eigenvalue weighted by Crippen LogP contribution is 2.22. The monoisotopic (exact) mass is 226 g/mol. The number of hydrogen-bond acceptors (Lipinski definition) is 3. The maximum atomic E-state index is 11.3. The Morgan fingerprint density at radius 1 is 1.40 bits per heavy atom. The third-order valence-corrected chi connectivity index (χ3v) is 2.37. The molecular weight excluding hydrogens is 216 g/mol. The first-order valence-corrected chi connectivity index (χ1v) is 4.79. The maximum Gasteiger partial charge on any atom is 0.339 e. The van der Waals surface area contributed by atoms with Gasteiger partial charge in [0.25, 0.3) is 0 Å². The lowest BCUT2D eigenvalue weighted by atomic mass is 10.1. The number of hydrogen-bond donors (Lipinski definition) is 0. The van der Waals surface area contributed by atoms with E-state index in [2.05, 4.69) is 4.74 Å². The van der Waals surface area contributed by atoms with Crippen molar-refractivity contribution in [3.63, 3.8) is 0 Å². The van der Waals surface area contributed by atoms with E-state index in [1.165, 1.54) is 14.0 Å². The average Bonchev–Trinajstić information content (AvgIpc) is 2.19. The summed E-state index contributed by atoms with van der Waals surface area (Å²) in [6.07, 6.45) is 0.226. The fourth-order valence-corrected chi connectivity index (χ4v) is 1.52. The topological polar surface area (TPSA) is 43.4 Å². The molecule has 0 aliphatic heterocycles. The van der Waals surface area contributed by atoms with Crippen LogP contribution < -0.4 is 0 Å². The van der Waals surface area contributed by atoms with Crippen LogP contribution in [0.3, 0.4) is 0 Å². The molecule has 0 saturated carbocycles. The van der Waals surface area contributed by atoms with E-state index in [9.17, 15) is 9.59 Å². The summed E-state index contributed by atoms with van der Waals surface area (Å²) in [7, 11) is 1.29. The van der Waals surface area contributed by atoms with Crippen LogP contribution in [-0.2, 0) is 16.0 Å². The van der Waals surface area contributed by atoms with Crippen LogP contribution >= 0.6 is 11.6 Å². The maximum absolute atomic E-state index is 11.3. The number of halogens is 1. The van der Waals surface area contributed by atoms with E-state index in [-0.39, 0.29) is 17.8 Å². The van der Waals surface area contributed by atoms with Gasteiger partial charge in [-0.2, -0.15) is 0 Å². The molecule has 0 saturated heterocycles. The first-order chi connectivity index (χ1) is 7.06. The summed E-state index contributed by atoms with van der Waals surface area (Å²) < 4.78 is 4.57. The Bertz CT molecular complexity index is 399. The molecule has 0 heterocycles. The van der Waals surface area contributed by atoms with E-state index < -0.39 is 5.97 Å². The highest BCUT2D eigenvalue weighted by Gasteiger charge is 2.13. The number of ketones is 1. The quantitative estimate of drug-likeness (QED) is 0.743. The summed E-state index contributed by atoms with van der Waals surface area (Å²) in [6.45, 7) is 1.47. The summed E-state index contributed by atoms with van der Waals surface area (Å²) >= 11 is 5.97. The van der Waals surface area contributed by atoms with E-state index in [0.29, 0.717) is 10.6 Å². The van der Waals surface area contributed by atoms with E-state index in [4.69, 9.17) is 11.6 Å². The van der Waals surface area contributed by atoms with E-state index in [0.717, 1.165) is 0 Å². The van der Waals surface area contributed by atoms with Crippen molar-refractivity contribution in [2.75, 3.05) is 7.11 Å². The molecule has 0 aliphatic rings. The molecule has 0 unspecified atom stereocenters. The van der Waals surface area contributed by atoms with Crippen LogP contribution in [0.1, 0.15) is 22.8 Å². The molecule has 0 amide bonds. The molecule has 3 nitrogen and oxygen atoms in total. The second kappa shape index (κ2) is 4.94. The summed E-state index contributed by atoms with van der Waals surface area (Å²) in [6, 6.07) is 4.96. The smallest absolute Gasteiger partial charge is 0.339 e. The van der Waals surface area contributed by atoms with Gasteiger partial charge >= 0.3 is 5.97 Å². The molecule has 80 valence electrons. The lowest BCUT2D eigenvalue weighted by Crippen LogP contribution is -2.05. The minimum atomic E-state index is -0.495. The van der Waals surface area contributed by atoms with E-state index in [1.807, 2.05) is 0 Å². The van der Waals surface area contributed by atoms with Crippen molar-refractivity contribution in [1.82, 2.24) is 0 Å². The summed E-state index contributed by atoms with van der Waals surface area (Å²) in [5, 5.41) is 0.291. The Kier molecular flexibility index (Phi) is 3.86. The molecule has 0 N–H and O–H groups in total. The molecule has 0 bridgehead atoms. The molecule has 0 radical (unpaired) electrons. The zero-order valence-electron chi connectivity index (χ0n) is 8.54. The Labute approximate surface area is 93.0 Å². The second-order valence-corrected chi connectivity index (χ2v) is 3.53. The van der Waals surface area contributed by atoms with Gasteiger partial charge in [0.1, 0.15) is 5.78 Å². The second-order valence-electron chi connectivity index (χ2n) is 3.15. The molecule has 1 rings (SSSR count). The molecule has 0 atom stereocenters. The lowest BCUT2D eigenvalue weighted by Gasteiger charge is -2.06. The van der Waals surface area contributed by atoms with Crippen molar-refractivity contribution in [3.8, 4) is 0 Å². The van der Waals surface area contributed by atoms with Gasteiger partial charge in [-0.3, -0.25) is 4.79 Å². The summed E-state index contributed by atoms with van der Waals surface area (Å²) in [5.74, 6) is -0.496. The molecule has 15 heavy (non-hydrogen) atoms. The van der Waals surface area contributed by atoms with Gasteiger partial charge in [-0.05, 0) is 18.6 Å². The largest absolute Gasteiger partial charge is 0.465 e. The molecule has 4 heteroatoms. The predicted octanol–water partition coefficient (Wildman–Crippen LogP) is 2.26. The number of rotatable bonds is 3. The van der Waals surface area contributed by atoms with Crippen molar-refractivity contribution in [2.45, 2.75) is 13.3 Å². The van der Waals surface area contributed by atoms with E-state index >= 15 is 0 Å². The van der Waals surface area contributed by atoms with Crippen molar-refractivity contribution in [1.29, 1.82) is 0 Å². The fourth-order valence-electron chi connectivity index (χ4n) is 1.25. The molecule has 1 aromatic rings. The van der Waals surface area contributed by atoms with Gasteiger partial charge in [-0.15, -0.1) is 0 Å². The van der Waals surface area contributed by atoms with Crippen LogP contribution in [-0.4, -0.2) is 18.9 Å². The standard InChI is InChI=1S/C11H11ClO3/c1-7(13)6-8-4-3-5-9(10(8)12)11(14)15-2/h3-5H,6H2,1-2H3. The van der Waals surface area contributed by atoms with Crippen LogP contribution in [0.5, 0.6) is 0 Å². The molecule has 1 aromatic carbocycles. The molecule has 0 spiro atoms.